The average Bonchev–Trinajstić information content (AvgIpc) is 2.51. The number of carbonyl (C=O) groups is 1. The van der Waals surface area contributed by atoms with Gasteiger partial charge in [0, 0.05) is 11.1 Å². The fourth-order valence-electron chi connectivity index (χ4n) is 0.647. The number of hydrogen-bond donors (Lipinski definition) is 0. The predicted molar refractivity (Wildman–Crippen MR) is 55.7 cm³/mol. The molecular weight excluding hydrogens is 184 g/mol. The maximum Gasteiger partial charge on any atom is 0.333 e. The summed E-state index contributed by atoms with van der Waals surface area (Å²) in [5, 5.41) is 3.90. The van der Waals surface area contributed by atoms with E-state index in [1.165, 1.54) is 0 Å². The van der Waals surface area contributed by atoms with Crippen LogP contribution in [-0.2, 0) is 16.1 Å². The van der Waals surface area contributed by atoms with Crippen LogP contribution in [0.5, 0.6) is 0 Å². The van der Waals surface area contributed by atoms with Crippen molar-refractivity contribution in [1.29, 1.82) is 0 Å². The fraction of sp³-hybridized carbons (Fsp3) is 0.300. The Balaban J connectivity index is 0.00000144. The third-order valence-corrected chi connectivity index (χ3v) is 2.03. The second kappa shape index (κ2) is 5.54. The Bertz CT molecular complexity index is 275. The van der Waals surface area contributed by atoms with Gasteiger partial charge in [-0.05, 0) is 23.8 Å². The summed E-state index contributed by atoms with van der Waals surface area (Å²) in [6.07, 6.45) is 0. The summed E-state index contributed by atoms with van der Waals surface area (Å²) in [6, 6.07) is 1.93. The largest absolute Gasteiger partial charge is 0.457 e. The van der Waals surface area contributed by atoms with Crippen LogP contribution in [0.4, 0.5) is 0 Å². The van der Waals surface area contributed by atoms with Crippen molar-refractivity contribution < 1.29 is 9.53 Å². The van der Waals surface area contributed by atoms with Crippen LogP contribution in [0.3, 0.4) is 0 Å². The molecule has 0 aromatic carbocycles. The standard InChI is InChI=1S/C9H10O2S.CH4/c1-7(2)9(10)11-5-8-3-4-12-6-8;/h3-4,6H,1,5H2,2H3;1H4. The molecule has 2 nitrogen and oxygen atoms in total. The maximum absolute atomic E-state index is 10.9. The van der Waals surface area contributed by atoms with Crippen molar-refractivity contribution in [3.05, 3.63) is 34.5 Å². The van der Waals surface area contributed by atoms with E-state index in [0.29, 0.717) is 12.2 Å². The van der Waals surface area contributed by atoms with Gasteiger partial charge in [0.25, 0.3) is 0 Å². The Morgan fingerprint density at radius 1 is 1.69 bits per heavy atom. The molecule has 0 saturated carbocycles. The lowest BCUT2D eigenvalue weighted by Crippen LogP contribution is -2.03. The van der Waals surface area contributed by atoms with Crippen LogP contribution in [0.25, 0.3) is 0 Å². The first-order chi connectivity index (χ1) is 5.70. The maximum atomic E-state index is 10.9. The van der Waals surface area contributed by atoms with Crippen molar-refractivity contribution in [3.8, 4) is 0 Å². The van der Waals surface area contributed by atoms with E-state index >= 15 is 0 Å². The van der Waals surface area contributed by atoms with Gasteiger partial charge < -0.3 is 4.74 Å². The number of ether oxygens (including phenoxy) is 1. The molecule has 0 aliphatic heterocycles. The zero-order chi connectivity index (χ0) is 8.97. The summed E-state index contributed by atoms with van der Waals surface area (Å²) in [5.41, 5.74) is 1.46. The van der Waals surface area contributed by atoms with Crippen molar-refractivity contribution in [3.63, 3.8) is 0 Å². The normalized spacial score (nSPS) is 8.69. The van der Waals surface area contributed by atoms with E-state index in [9.17, 15) is 4.79 Å². The molecule has 0 fully saturated rings. The van der Waals surface area contributed by atoms with Gasteiger partial charge in [0.1, 0.15) is 6.61 Å². The second-order valence-corrected chi connectivity index (χ2v) is 3.27. The summed E-state index contributed by atoms with van der Waals surface area (Å²) in [7, 11) is 0. The number of hydrogen-bond acceptors (Lipinski definition) is 3. The Kier molecular flexibility index (Phi) is 5.07. The van der Waals surface area contributed by atoms with Gasteiger partial charge >= 0.3 is 5.97 Å². The lowest BCUT2D eigenvalue weighted by Gasteiger charge is -2.01. The van der Waals surface area contributed by atoms with Crippen molar-refractivity contribution in [2.75, 3.05) is 0 Å². The van der Waals surface area contributed by atoms with Crippen LogP contribution in [0.1, 0.15) is 19.9 Å². The summed E-state index contributed by atoms with van der Waals surface area (Å²) in [6.45, 7) is 5.46. The van der Waals surface area contributed by atoms with E-state index in [0.717, 1.165) is 5.56 Å². The van der Waals surface area contributed by atoms with Gasteiger partial charge in [-0.15, -0.1) is 0 Å². The van der Waals surface area contributed by atoms with Gasteiger partial charge in [0.05, 0.1) is 0 Å². The zero-order valence-corrected chi connectivity index (χ0v) is 7.69. The van der Waals surface area contributed by atoms with E-state index in [4.69, 9.17) is 4.74 Å². The smallest absolute Gasteiger partial charge is 0.333 e. The molecule has 0 unspecified atom stereocenters. The minimum absolute atomic E-state index is 0. The topological polar surface area (TPSA) is 26.3 Å². The summed E-state index contributed by atoms with van der Waals surface area (Å²) < 4.78 is 4.92. The highest BCUT2D eigenvalue weighted by atomic mass is 32.1. The number of esters is 1. The summed E-state index contributed by atoms with van der Waals surface area (Å²) in [5.74, 6) is -0.332. The molecule has 1 aromatic heterocycles. The van der Waals surface area contributed by atoms with E-state index in [1.54, 1.807) is 18.3 Å². The van der Waals surface area contributed by atoms with Crippen molar-refractivity contribution in [2.24, 2.45) is 0 Å². The SMILES string of the molecule is C.C=C(C)C(=O)OCc1ccsc1. The lowest BCUT2D eigenvalue weighted by atomic mass is 10.3. The molecule has 0 atom stereocenters. The Hall–Kier alpha value is -1.09. The van der Waals surface area contributed by atoms with Gasteiger partial charge in [0.2, 0.25) is 0 Å². The van der Waals surface area contributed by atoms with E-state index in [1.807, 2.05) is 16.8 Å². The zero-order valence-electron chi connectivity index (χ0n) is 6.87. The number of carbonyl (C=O) groups excluding carboxylic acids is 1. The molecular formula is C10H14O2S. The highest BCUT2D eigenvalue weighted by molar-refractivity contribution is 7.07. The van der Waals surface area contributed by atoms with Crippen LogP contribution in [0.15, 0.2) is 29.0 Å². The third kappa shape index (κ3) is 3.90. The van der Waals surface area contributed by atoms with Crippen molar-refractivity contribution in [1.82, 2.24) is 0 Å². The highest BCUT2D eigenvalue weighted by Crippen LogP contribution is 2.07. The number of thiophene rings is 1. The van der Waals surface area contributed by atoms with Gasteiger partial charge in [-0.2, -0.15) is 11.3 Å². The van der Waals surface area contributed by atoms with Crippen LogP contribution in [0.2, 0.25) is 0 Å². The van der Waals surface area contributed by atoms with Crippen molar-refractivity contribution in [2.45, 2.75) is 21.0 Å². The molecule has 0 amide bonds. The molecule has 0 aliphatic rings. The predicted octanol–water partition coefficient (Wildman–Crippen LogP) is 3.00. The monoisotopic (exact) mass is 198 g/mol. The minimum Gasteiger partial charge on any atom is -0.457 e. The van der Waals surface area contributed by atoms with E-state index < -0.39 is 0 Å². The molecule has 1 aromatic rings. The average molecular weight is 198 g/mol. The molecule has 1 rings (SSSR count). The van der Waals surface area contributed by atoms with Gasteiger partial charge in [-0.3, -0.25) is 0 Å². The first kappa shape index (κ1) is 11.9. The molecule has 13 heavy (non-hydrogen) atoms. The molecule has 0 bridgehead atoms. The molecule has 0 N–H and O–H groups in total. The Morgan fingerprint density at radius 3 is 2.85 bits per heavy atom. The molecule has 72 valence electrons. The summed E-state index contributed by atoms with van der Waals surface area (Å²) in [4.78, 5) is 10.9. The lowest BCUT2D eigenvalue weighted by molar-refractivity contribution is -0.140. The molecule has 3 heteroatoms. The van der Waals surface area contributed by atoms with Gasteiger partial charge in [-0.1, -0.05) is 14.0 Å². The van der Waals surface area contributed by atoms with Crippen LogP contribution >= 0.6 is 11.3 Å². The highest BCUT2D eigenvalue weighted by Gasteiger charge is 2.02. The van der Waals surface area contributed by atoms with Crippen LogP contribution < -0.4 is 0 Å². The van der Waals surface area contributed by atoms with Crippen LogP contribution in [-0.4, -0.2) is 5.97 Å². The fourth-order valence-corrected chi connectivity index (χ4v) is 1.30. The van der Waals surface area contributed by atoms with Crippen LogP contribution in [0, 0.1) is 0 Å². The molecule has 0 spiro atoms. The van der Waals surface area contributed by atoms with Gasteiger partial charge in [0.15, 0.2) is 0 Å². The first-order valence-corrected chi connectivity index (χ1v) is 4.48. The van der Waals surface area contributed by atoms with E-state index in [2.05, 4.69) is 6.58 Å². The third-order valence-electron chi connectivity index (χ3n) is 1.30. The Morgan fingerprint density at radius 2 is 2.38 bits per heavy atom. The van der Waals surface area contributed by atoms with E-state index in [-0.39, 0.29) is 13.4 Å². The number of rotatable bonds is 3. The Labute approximate surface area is 82.9 Å². The quantitative estimate of drug-likeness (QED) is 0.551. The minimum atomic E-state index is -0.332. The second-order valence-electron chi connectivity index (χ2n) is 2.49. The summed E-state index contributed by atoms with van der Waals surface area (Å²) >= 11 is 1.59. The molecule has 0 aliphatic carbocycles. The first-order valence-electron chi connectivity index (χ1n) is 3.54. The molecule has 0 radical (unpaired) electrons. The molecule has 1 heterocycles. The van der Waals surface area contributed by atoms with Crippen molar-refractivity contribution >= 4 is 17.3 Å². The van der Waals surface area contributed by atoms with Gasteiger partial charge in [-0.25, -0.2) is 4.79 Å². The molecule has 0 saturated heterocycles.